The fourth-order valence-electron chi connectivity index (χ4n) is 11.8. The van der Waals surface area contributed by atoms with E-state index in [1.807, 2.05) is 0 Å². The molecule has 0 N–H and O–H groups in total. The highest BCUT2D eigenvalue weighted by Gasteiger charge is 2.42. The predicted octanol–water partition coefficient (Wildman–Crippen LogP) is 16.9. The molecule has 0 atom stereocenters. The summed E-state index contributed by atoms with van der Waals surface area (Å²) in [6.07, 6.45) is 0. The summed E-state index contributed by atoms with van der Waals surface area (Å²) in [7, 11) is 0. The average molecular weight is 789 g/mol. The van der Waals surface area contributed by atoms with Crippen LogP contribution < -0.4 is 0 Å². The maximum atomic E-state index is 2.52. The maximum Gasteiger partial charge on any atom is 0.0159 e. The van der Waals surface area contributed by atoms with Gasteiger partial charge < -0.3 is 0 Å². The van der Waals surface area contributed by atoms with Gasteiger partial charge in [0.25, 0.3) is 0 Å². The molecule has 0 amide bonds. The molecular weight excluding hydrogens is 745 g/mol. The highest BCUT2D eigenvalue weighted by atomic mass is 14.4. The maximum absolute atomic E-state index is 2.52. The lowest BCUT2D eigenvalue weighted by atomic mass is 9.79. The summed E-state index contributed by atoms with van der Waals surface area (Å²) in [6, 6.07) is 73.4. The number of hydrogen-bond acceptors (Lipinski definition) is 0. The quantitative estimate of drug-likeness (QED) is 0.167. The van der Waals surface area contributed by atoms with Crippen LogP contribution in [-0.4, -0.2) is 0 Å². The van der Waals surface area contributed by atoms with Gasteiger partial charge in [-0.2, -0.15) is 0 Å². The van der Waals surface area contributed by atoms with Crippen LogP contribution in [-0.2, 0) is 10.8 Å². The van der Waals surface area contributed by atoms with Gasteiger partial charge >= 0.3 is 0 Å². The zero-order valence-electron chi connectivity index (χ0n) is 35.5. The van der Waals surface area contributed by atoms with Crippen molar-refractivity contribution >= 4 is 21.5 Å². The molecule has 10 aromatic carbocycles. The smallest absolute Gasteiger partial charge is 0.0159 e. The lowest BCUT2D eigenvalue weighted by molar-refractivity contribution is 0.652. The molecule has 0 unspecified atom stereocenters. The van der Waals surface area contributed by atoms with E-state index in [-0.39, 0.29) is 10.8 Å². The second-order valence-electron chi connectivity index (χ2n) is 18.7. The van der Waals surface area contributed by atoms with Gasteiger partial charge in [0.15, 0.2) is 0 Å². The minimum atomic E-state index is -0.143. The molecular formula is C62H44. The summed E-state index contributed by atoms with van der Waals surface area (Å²) >= 11 is 0. The Morgan fingerprint density at radius 1 is 0.258 bits per heavy atom. The minimum absolute atomic E-state index is 0.0357. The van der Waals surface area contributed by atoms with E-state index in [1.165, 1.54) is 133 Å². The number of rotatable bonds is 4. The van der Waals surface area contributed by atoms with E-state index in [1.54, 1.807) is 0 Å². The second kappa shape index (κ2) is 12.6. The lowest BCUT2D eigenvalue weighted by Crippen LogP contribution is -2.17. The molecule has 0 aliphatic heterocycles. The Morgan fingerprint density at radius 2 is 0.742 bits per heavy atom. The highest BCUT2D eigenvalue weighted by Crippen LogP contribution is 2.60. The largest absolute Gasteiger partial charge is 0.0622 e. The molecule has 0 saturated heterocycles. The van der Waals surface area contributed by atoms with Gasteiger partial charge in [0, 0.05) is 10.8 Å². The standard InChI is InChI=1S/C62H44/c1-61(2)52-28-14-13-23-42(52)50-35-55-51(36-54(50)61)43-31-29-41(34-53(43)62(55,3)4)40-30-32-46(49(33-40)37-17-7-5-8-18-37)58-45-25-12-11-24-44(45)57(39-19-9-6-10-20-39)59-47-26-15-21-38-22-16-27-48(56(38)47)60(58)59/h5-36H,1-4H3. The van der Waals surface area contributed by atoms with Crippen molar-refractivity contribution in [1.29, 1.82) is 0 Å². The van der Waals surface area contributed by atoms with Crippen LogP contribution in [0.4, 0.5) is 0 Å². The van der Waals surface area contributed by atoms with Gasteiger partial charge in [-0.25, -0.2) is 0 Å². The van der Waals surface area contributed by atoms with Crippen molar-refractivity contribution in [2.45, 2.75) is 38.5 Å². The summed E-state index contributed by atoms with van der Waals surface area (Å²) in [4.78, 5) is 0. The first-order valence-electron chi connectivity index (χ1n) is 22.1. The molecule has 13 rings (SSSR count). The van der Waals surface area contributed by atoms with E-state index in [0.29, 0.717) is 0 Å². The fraction of sp³-hybridized carbons (Fsp3) is 0.0968. The third-order valence-electron chi connectivity index (χ3n) is 14.8. The van der Waals surface area contributed by atoms with Gasteiger partial charge in [-0.1, -0.05) is 198 Å². The average Bonchev–Trinajstić information content (AvgIpc) is 3.85. The van der Waals surface area contributed by atoms with Crippen LogP contribution in [0.15, 0.2) is 194 Å². The monoisotopic (exact) mass is 788 g/mol. The minimum Gasteiger partial charge on any atom is -0.0622 e. The van der Waals surface area contributed by atoms with Crippen LogP contribution in [0, 0.1) is 0 Å². The Labute approximate surface area is 363 Å². The van der Waals surface area contributed by atoms with E-state index < -0.39 is 0 Å². The topological polar surface area (TPSA) is 0 Å². The van der Waals surface area contributed by atoms with Crippen LogP contribution in [0.5, 0.6) is 0 Å². The molecule has 0 heteroatoms. The molecule has 292 valence electrons. The molecule has 3 aliphatic rings. The van der Waals surface area contributed by atoms with Gasteiger partial charge in [-0.15, -0.1) is 0 Å². The normalized spacial score (nSPS) is 14.4. The van der Waals surface area contributed by atoms with Gasteiger partial charge in [-0.05, 0) is 157 Å². The Morgan fingerprint density at radius 3 is 1.42 bits per heavy atom. The lowest BCUT2D eigenvalue weighted by Gasteiger charge is -2.24. The second-order valence-corrected chi connectivity index (χ2v) is 18.7. The molecule has 0 spiro atoms. The van der Waals surface area contributed by atoms with Crippen LogP contribution in [0.2, 0.25) is 0 Å². The van der Waals surface area contributed by atoms with Crippen LogP contribution >= 0.6 is 0 Å². The van der Waals surface area contributed by atoms with E-state index in [2.05, 4.69) is 222 Å². The molecule has 62 heavy (non-hydrogen) atoms. The van der Waals surface area contributed by atoms with E-state index in [9.17, 15) is 0 Å². The Balaban J connectivity index is 1.03. The summed E-state index contributed by atoms with van der Waals surface area (Å²) in [6.45, 7) is 9.61. The summed E-state index contributed by atoms with van der Waals surface area (Å²) in [5.41, 5.74) is 26.3. The van der Waals surface area contributed by atoms with Crippen molar-refractivity contribution in [3.8, 4) is 89.0 Å². The van der Waals surface area contributed by atoms with E-state index in [0.717, 1.165) is 0 Å². The molecule has 3 aliphatic carbocycles. The van der Waals surface area contributed by atoms with Crippen molar-refractivity contribution in [1.82, 2.24) is 0 Å². The highest BCUT2D eigenvalue weighted by molar-refractivity contribution is 6.28. The first-order valence-corrected chi connectivity index (χ1v) is 22.1. The number of benzene rings is 10. The molecule has 0 nitrogen and oxygen atoms in total. The van der Waals surface area contributed by atoms with Gasteiger partial charge in [-0.3, -0.25) is 0 Å². The Kier molecular flexibility index (Phi) is 7.23. The Hall–Kier alpha value is -7.28. The fourth-order valence-corrected chi connectivity index (χ4v) is 11.8. The van der Waals surface area contributed by atoms with Crippen molar-refractivity contribution in [2.75, 3.05) is 0 Å². The summed E-state index contributed by atoms with van der Waals surface area (Å²) in [5.74, 6) is 0. The van der Waals surface area contributed by atoms with Gasteiger partial charge in [0.05, 0.1) is 0 Å². The Bertz CT molecular complexity index is 3540. The summed E-state index contributed by atoms with van der Waals surface area (Å²) in [5, 5.41) is 5.17. The third kappa shape index (κ3) is 4.73. The third-order valence-corrected chi connectivity index (χ3v) is 14.8. The first-order chi connectivity index (χ1) is 30.3. The van der Waals surface area contributed by atoms with Crippen molar-refractivity contribution < 1.29 is 0 Å². The van der Waals surface area contributed by atoms with Crippen molar-refractivity contribution in [3.63, 3.8) is 0 Å². The van der Waals surface area contributed by atoms with Crippen molar-refractivity contribution in [2.24, 2.45) is 0 Å². The SMILES string of the molecule is CC1(C)c2ccccc2-c2cc3c(cc21)-c1ccc(-c2ccc(-c4c5c(c(-c6ccccc6)c6ccccc46)-c4cccc6cccc-5c46)c(-c4ccccc4)c2)cc1C3(C)C. The number of fused-ring (bicyclic) bond motifs is 10. The number of hydrogen-bond donors (Lipinski definition) is 0. The molecule has 0 fully saturated rings. The molecule has 10 aromatic rings. The molecule has 0 aromatic heterocycles. The van der Waals surface area contributed by atoms with Gasteiger partial charge in [0.1, 0.15) is 0 Å². The van der Waals surface area contributed by atoms with Crippen LogP contribution in [0.3, 0.4) is 0 Å². The molecule has 0 saturated carbocycles. The molecule has 0 heterocycles. The molecule has 0 radical (unpaired) electrons. The van der Waals surface area contributed by atoms with E-state index in [4.69, 9.17) is 0 Å². The predicted molar refractivity (Wildman–Crippen MR) is 263 cm³/mol. The zero-order valence-corrected chi connectivity index (χ0v) is 35.5. The van der Waals surface area contributed by atoms with Gasteiger partial charge in [0.2, 0.25) is 0 Å². The van der Waals surface area contributed by atoms with E-state index >= 15 is 0 Å². The summed E-state index contributed by atoms with van der Waals surface area (Å²) < 4.78 is 0. The zero-order chi connectivity index (χ0) is 41.5. The van der Waals surface area contributed by atoms with Crippen LogP contribution in [0.1, 0.15) is 49.9 Å². The van der Waals surface area contributed by atoms with Crippen LogP contribution in [0.25, 0.3) is 111 Å². The van der Waals surface area contributed by atoms with Crippen molar-refractivity contribution in [3.05, 3.63) is 216 Å². The first kappa shape index (κ1) is 35.5. The molecule has 0 bridgehead atoms.